The molecule has 0 spiro atoms. The number of anilines is 2. The van der Waals surface area contributed by atoms with Crippen molar-refractivity contribution in [1.82, 2.24) is 19.5 Å². The Kier molecular flexibility index (Phi) is 5.19. The van der Waals surface area contributed by atoms with Gasteiger partial charge in [0.2, 0.25) is 0 Å². The molecule has 5 rings (SSSR count). The topological polar surface area (TPSA) is 68.1 Å². The molecule has 2 aromatic heterocycles. The SMILES string of the molecule is Cn1c(CCCNc2nc3ccccc3nc2N2CCOCC2)nc2ccccc21. The molecule has 0 saturated carbocycles. The predicted octanol–water partition coefficient (Wildman–Crippen LogP) is 3.40. The summed E-state index contributed by atoms with van der Waals surface area (Å²) in [6.07, 6.45) is 1.88. The van der Waals surface area contributed by atoms with Gasteiger partial charge in [-0.15, -0.1) is 0 Å². The Morgan fingerprint density at radius 3 is 2.37 bits per heavy atom. The van der Waals surface area contributed by atoms with Crippen LogP contribution in [0.15, 0.2) is 48.5 Å². The first-order valence-corrected chi connectivity index (χ1v) is 10.5. The van der Waals surface area contributed by atoms with Gasteiger partial charge in [-0.25, -0.2) is 15.0 Å². The van der Waals surface area contributed by atoms with Gasteiger partial charge in [0.15, 0.2) is 11.6 Å². The predicted molar refractivity (Wildman–Crippen MR) is 120 cm³/mol. The summed E-state index contributed by atoms with van der Waals surface area (Å²) in [5.74, 6) is 2.87. The number of imidazole rings is 1. The molecule has 0 atom stereocenters. The number of aromatic nitrogens is 4. The zero-order valence-corrected chi connectivity index (χ0v) is 17.2. The maximum absolute atomic E-state index is 5.51. The van der Waals surface area contributed by atoms with Gasteiger partial charge in [0, 0.05) is 33.1 Å². The Labute approximate surface area is 175 Å². The number of hydrogen-bond donors (Lipinski definition) is 1. The minimum atomic E-state index is 0.723. The number of benzene rings is 2. The highest BCUT2D eigenvalue weighted by molar-refractivity contribution is 5.80. The number of morpholine rings is 1. The van der Waals surface area contributed by atoms with Crippen molar-refractivity contribution in [3.05, 3.63) is 54.4 Å². The van der Waals surface area contributed by atoms with Crippen LogP contribution in [0.4, 0.5) is 11.6 Å². The summed E-state index contributed by atoms with van der Waals surface area (Å²) in [5.41, 5.74) is 4.06. The lowest BCUT2D eigenvalue weighted by Gasteiger charge is -2.29. The van der Waals surface area contributed by atoms with E-state index >= 15 is 0 Å². The van der Waals surface area contributed by atoms with Crippen LogP contribution in [0.25, 0.3) is 22.1 Å². The number of para-hydroxylation sites is 4. The van der Waals surface area contributed by atoms with E-state index in [1.807, 2.05) is 30.3 Å². The summed E-state index contributed by atoms with van der Waals surface area (Å²) in [7, 11) is 2.09. The molecule has 0 amide bonds. The molecule has 3 heterocycles. The van der Waals surface area contributed by atoms with Crippen LogP contribution in [0.2, 0.25) is 0 Å². The van der Waals surface area contributed by atoms with Crippen LogP contribution in [-0.2, 0) is 18.2 Å². The molecule has 2 aromatic carbocycles. The van der Waals surface area contributed by atoms with E-state index in [9.17, 15) is 0 Å². The van der Waals surface area contributed by atoms with Gasteiger partial charge in [0.1, 0.15) is 5.82 Å². The van der Waals surface area contributed by atoms with Crippen molar-refractivity contribution in [1.29, 1.82) is 0 Å². The molecule has 1 saturated heterocycles. The average Bonchev–Trinajstić information content (AvgIpc) is 3.12. The van der Waals surface area contributed by atoms with E-state index in [0.29, 0.717) is 0 Å². The first-order chi connectivity index (χ1) is 14.8. The smallest absolute Gasteiger partial charge is 0.172 e. The number of nitrogens with one attached hydrogen (secondary N) is 1. The fourth-order valence-corrected chi connectivity index (χ4v) is 3.98. The molecule has 1 fully saturated rings. The lowest BCUT2D eigenvalue weighted by atomic mass is 10.2. The second-order valence-electron chi connectivity index (χ2n) is 7.59. The second-order valence-corrected chi connectivity index (χ2v) is 7.59. The molecular weight excluding hydrogens is 376 g/mol. The molecular formula is C23H26N6O. The minimum absolute atomic E-state index is 0.723. The molecule has 1 N–H and O–H groups in total. The van der Waals surface area contributed by atoms with Gasteiger partial charge in [-0.1, -0.05) is 24.3 Å². The molecule has 1 aliphatic heterocycles. The normalized spacial score (nSPS) is 14.5. The van der Waals surface area contributed by atoms with Crippen molar-refractivity contribution in [3.8, 4) is 0 Å². The average molecular weight is 403 g/mol. The van der Waals surface area contributed by atoms with Gasteiger partial charge in [-0.2, -0.15) is 0 Å². The third-order valence-electron chi connectivity index (χ3n) is 5.61. The fraction of sp³-hybridized carbons (Fsp3) is 0.348. The first-order valence-electron chi connectivity index (χ1n) is 10.5. The summed E-state index contributed by atoms with van der Waals surface area (Å²) in [6, 6.07) is 16.3. The molecule has 0 bridgehead atoms. The van der Waals surface area contributed by atoms with Crippen LogP contribution in [0.5, 0.6) is 0 Å². The van der Waals surface area contributed by atoms with Crippen LogP contribution in [0.3, 0.4) is 0 Å². The van der Waals surface area contributed by atoms with E-state index in [2.05, 4.69) is 40.0 Å². The second kappa shape index (κ2) is 8.28. The summed E-state index contributed by atoms with van der Waals surface area (Å²) < 4.78 is 7.70. The zero-order valence-electron chi connectivity index (χ0n) is 17.2. The molecule has 1 aliphatic rings. The van der Waals surface area contributed by atoms with E-state index < -0.39 is 0 Å². The molecule has 7 nitrogen and oxygen atoms in total. The van der Waals surface area contributed by atoms with Gasteiger partial charge in [-0.3, -0.25) is 0 Å². The van der Waals surface area contributed by atoms with E-state index in [0.717, 1.165) is 79.7 Å². The summed E-state index contributed by atoms with van der Waals surface area (Å²) in [4.78, 5) is 16.8. The van der Waals surface area contributed by atoms with Crippen LogP contribution in [0, 0.1) is 0 Å². The fourth-order valence-electron chi connectivity index (χ4n) is 3.98. The highest BCUT2D eigenvalue weighted by Gasteiger charge is 2.18. The largest absolute Gasteiger partial charge is 0.378 e. The van der Waals surface area contributed by atoms with E-state index in [-0.39, 0.29) is 0 Å². The van der Waals surface area contributed by atoms with Gasteiger partial charge in [0.25, 0.3) is 0 Å². The summed E-state index contributed by atoms with van der Waals surface area (Å²) >= 11 is 0. The quantitative estimate of drug-likeness (QED) is 0.499. The summed E-state index contributed by atoms with van der Waals surface area (Å²) in [6.45, 7) is 3.93. The first kappa shape index (κ1) is 18.8. The van der Waals surface area contributed by atoms with Gasteiger partial charge in [0.05, 0.1) is 35.3 Å². The Balaban J connectivity index is 1.32. The molecule has 0 unspecified atom stereocenters. The monoisotopic (exact) mass is 402 g/mol. The number of ether oxygens (including phenoxy) is 1. The molecule has 0 aliphatic carbocycles. The maximum Gasteiger partial charge on any atom is 0.172 e. The molecule has 0 radical (unpaired) electrons. The van der Waals surface area contributed by atoms with E-state index in [1.165, 1.54) is 5.52 Å². The molecule has 4 aromatic rings. The molecule has 154 valence electrons. The highest BCUT2D eigenvalue weighted by Crippen LogP contribution is 2.26. The molecule has 30 heavy (non-hydrogen) atoms. The highest BCUT2D eigenvalue weighted by atomic mass is 16.5. The van der Waals surface area contributed by atoms with Crippen LogP contribution < -0.4 is 10.2 Å². The Hall–Kier alpha value is -3.19. The third kappa shape index (κ3) is 3.68. The van der Waals surface area contributed by atoms with Crippen molar-refractivity contribution >= 4 is 33.7 Å². The number of aryl methyl sites for hydroxylation is 2. The number of rotatable bonds is 6. The standard InChI is InChI=1S/C23H26N6O/c1-28-20-10-5-4-9-19(20)25-21(28)11-6-12-24-22-23(29-13-15-30-16-14-29)27-18-8-3-2-7-17(18)26-22/h2-5,7-10H,6,11-16H2,1H3,(H,24,26). The lowest BCUT2D eigenvalue weighted by Crippen LogP contribution is -2.37. The maximum atomic E-state index is 5.51. The van der Waals surface area contributed by atoms with Crippen LogP contribution in [-0.4, -0.2) is 52.4 Å². The van der Waals surface area contributed by atoms with Crippen LogP contribution >= 0.6 is 0 Å². The Morgan fingerprint density at radius 2 is 1.60 bits per heavy atom. The minimum Gasteiger partial charge on any atom is -0.378 e. The van der Waals surface area contributed by atoms with E-state index in [1.54, 1.807) is 0 Å². The van der Waals surface area contributed by atoms with Gasteiger partial charge >= 0.3 is 0 Å². The van der Waals surface area contributed by atoms with Crippen molar-refractivity contribution in [3.63, 3.8) is 0 Å². The number of nitrogens with zero attached hydrogens (tertiary/aromatic N) is 5. The number of hydrogen-bond acceptors (Lipinski definition) is 6. The van der Waals surface area contributed by atoms with Crippen molar-refractivity contribution in [2.45, 2.75) is 12.8 Å². The zero-order chi connectivity index (χ0) is 20.3. The van der Waals surface area contributed by atoms with Gasteiger partial charge < -0.3 is 19.5 Å². The summed E-state index contributed by atoms with van der Waals surface area (Å²) in [5, 5.41) is 3.53. The number of fused-ring (bicyclic) bond motifs is 2. The third-order valence-corrected chi connectivity index (χ3v) is 5.61. The Bertz CT molecular complexity index is 1170. The van der Waals surface area contributed by atoms with E-state index in [4.69, 9.17) is 19.7 Å². The van der Waals surface area contributed by atoms with Gasteiger partial charge in [-0.05, 0) is 30.7 Å². The lowest BCUT2D eigenvalue weighted by molar-refractivity contribution is 0.122. The van der Waals surface area contributed by atoms with Crippen molar-refractivity contribution in [2.75, 3.05) is 43.1 Å². The van der Waals surface area contributed by atoms with Crippen molar-refractivity contribution in [2.24, 2.45) is 7.05 Å². The van der Waals surface area contributed by atoms with Crippen molar-refractivity contribution < 1.29 is 4.74 Å². The Morgan fingerprint density at radius 1 is 0.900 bits per heavy atom. The van der Waals surface area contributed by atoms with Crippen LogP contribution in [0.1, 0.15) is 12.2 Å². The molecule has 7 heteroatoms.